The number of nitrogens with one attached hydrogen (secondary N) is 1. The third kappa shape index (κ3) is 5.76. The molecule has 2 unspecified atom stereocenters. The van der Waals surface area contributed by atoms with E-state index in [9.17, 15) is 14.7 Å². The Bertz CT molecular complexity index is 571. The van der Waals surface area contributed by atoms with Gasteiger partial charge in [-0.3, -0.25) is 4.79 Å². The number of rotatable bonds is 9. The standard InChI is InChI=1S/C18H27NO5/c1-11(2)8-14(18(21)22)19-17(20)12(3)9-13-6-7-15(23-4)16(10-13)24-5/h6-7,10-12,14H,8-9H2,1-5H3,(H,19,20)(H,21,22). The lowest BCUT2D eigenvalue weighted by Crippen LogP contribution is -2.44. The maximum absolute atomic E-state index is 12.3. The number of aliphatic carboxylic acids is 1. The molecule has 0 saturated carbocycles. The van der Waals surface area contributed by atoms with Crippen LogP contribution in [-0.4, -0.2) is 37.2 Å². The van der Waals surface area contributed by atoms with Crippen LogP contribution in [0, 0.1) is 11.8 Å². The van der Waals surface area contributed by atoms with E-state index in [4.69, 9.17) is 9.47 Å². The SMILES string of the molecule is COc1ccc(CC(C)C(=O)NC(CC(C)C)C(=O)O)cc1OC. The van der Waals surface area contributed by atoms with Gasteiger partial charge >= 0.3 is 5.97 Å². The number of amides is 1. The van der Waals surface area contributed by atoms with Crippen molar-refractivity contribution in [2.45, 2.75) is 39.7 Å². The highest BCUT2D eigenvalue weighted by atomic mass is 16.5. The van der Waals surface area contributed by atoms with Crippen LogP contribution in [0.25, 0.3) is 0 Å². The molecular formula is C18H27NO5. The topological polar surface area (TPSA) is 84.9 Å². The fraction of sp³-hybridized carbons (Fsp3) is 0.556. The fourth-order valence-corrected chi connectivity index (χ4v) is 2.46. The molecule has 0 spiro atoms. The minimum Gasteiger partial charge on any atom is -0.493 e. The number of carbonyl (C=O) groups is 2. The second-order valence-electron chi connectivity index (χ2n) is 6.32. The van der Waals surface area contributed by atoms with Crippen LogP contribution in [0.4, 0.5) is 0 Å². The van der Waals surface area contributed by atoms with E-state index in [1.807, 2.05) is 26.0 Å². The lowest BCUT2D eigenvalue weighted by Gasteiger charge is -2.19. The Morgan fingerprint density at radius 1 is 1.12 bits per heavy atom. The smallest absolute Gasteiger partial charge is 0.326 e. The lowest BCUT2D eigenvalue weighted by molar-refractivity contribution is -0.142. The highest BCUT2D eigenvalue weighted by Gasteiger charge is 2.24. The van der Waals surface area contributed by atoms with Crippen molar-refractivity contribution in [1.82, 2.24) is 5.32 Å². The van der Waals surface area contributed by atoms with Gasteiger partial charge in [-0.2, -0.15) is 0 Å². The maximum Gasteiger partial charge on any atom is 0.326 e. The molecule has 0 bridgehead atoms. The molecule has 1 aromatic carbocycles. The molecule has 1 amide bonds. The largest absolute Gasteiger partial charge is 0.493 e. The van der Waals surface area contributed by atoms with E-state index < -0.39 is 12.0 Å². The Kier molecular flexibility index (Phi) is 7.55. The van der Waals surface area contributed by atoms with Crippen LogP contribution in [0.3, 0.4) is 0 Å². The number of carbonyl (C=O) groups excluding carboxylic acids is 1. The molecule has 0 fully saturated rings. The summed E-state index contributed by atoms with van der Waals surface area (Å²) in [7, 11) is 3.12. The summed E-state index contributed by atoms with van der Waals surface area (Å²) >= 11 is 0. The van der Waals surface area contributed by atoms with Gasteiger partial charge in [-0.25, -0.2) is 4.79 Å². The van der Waals surface area contributed by atoms with E-state index in [2.05, 4.69) is 5.32 Å². The Labute approximate surface area is 143 Å². The molecular weight excluding hydrogens is 310 g/mol. The third-order valence-electron chi connectivity index (χ3n) is 3.76. The molecule has 0 aromatic heterocycles. The quantitative estimate of drug-likeness (QED) is 0.723. The second kappa shape index (κ2) is 9.15. The molecule has 1 aromatic rings. The van der Waals surface area contributed by atoms with Gasteiger partial charge in [0.25, 0.3) is 0 Å². The number of hydrogen-bond acceptors (Lipinski definition) is 4. The Hall–Kier alpha value is -2.24. The summed E-state index contributed by atoms with van der Waals surface area (Å²) in [5.41, 5.74) is 0.922. The van der Waals surface area contributed by atoms with E-state index in [-0.39, 0.29) is 17.7 Å². The van der Waals surface area contributed by atoms with Crippen LogP contribution in [0.2, 0.25) is 0 Å². The van der Waals surface area contributed by atoms with Crippen LogP contribution < -0.4 is 14.8 Å². The van der Waals surface area contributed by atoms with Crippen LogP contribution in [-0.2, 0) is 16.0 Å². The number of benzene rings is 1. The van der Waals surface area contributed by atoms with Crippen molar-refractivity contribution in [3.8, 4) is 11.5 Å². The molecule has 2 atom stereocenters. The maximum atomic E-state index is 12.3. The molecule has 134 valence electrons. The number of hydrogen-bond donors (Lipinski definition) is 2. The first-order valence-corrected chi connectivity index (χ1v) is 8.02. The Morgan fingerprint density at radius 2 is 1.75 bits per heavy atom. The molecule has 0 aliphatic rings. The van der Waals surface area contributed by atoms with Crippen molar-refractivity contribution in [3.05, 3.63) is 23.8 Å². The molecule has 0 aliphatic carbocycles. The van der Waals surface area contributed by atoms with Gasteiger partial charge in [0.15, 0.2) is 11.5 Å². The van der Waals surface area contributed by atoms with Crippen molar-refractivity contribution in [1.29, 1.82) is 0 Å². The summed E-state index contributed by atoms with van der Waals surface area (Å²) in [5.74, 6) is -0.204. The minimum atomic E-state index is -1.00. The number of ether oxygens (including phenoxy) is 2. The molecule has 0 heterocycles. The third-order valence-corrected chi connectivity index (χ3v) is 3.76. The van der Waals surface area contributed by atoms with Gasteiger partial charge in [-0.05, 0) is 36.5 Å². The van der Waals surface area contributed by atoms with Crippen LogP contribution in [0.15, 0.2) is 18.2 Å². The van der Waals surface area contributed by atoms with Crippen molar-refractivity contribution in [2.75, 3.05) is 14.2 Å². The molecule has 24 heavy (non-hydrogen) atoms. The van der Waals surface area contributed by atoms with Crippen molar-refractivity contribution in [2.24, 2.45) is 11.8 Å². The molecule has 0 saturated heterocycles. The number of methoxy groups -OCH3 is 2. The van der Waals surface area contributed by atoms with Gasteiger partial charge < -0.3 is 19.9 Å². The van der Waals surface area contributed by atoms with Crippen molar-refractivity contribution >= 4 is 11.9 Å². The number of carboxylic acid groups (broad SMARTS) is 1. The first-order valence-electron chi connectivity index (χ1n) is 8.02. The summed E-state index contributed by atoms with van der Waals surface area (Å²) in [6.07, 6.45) is 0.893. The zero-order valence-electron chi connectivity index (χ0n) is 15.0. The Morgan fingerprint density at radius 3 is 2.25 bits per heavy atom. The summed E-state index contributed by atoms with van der Waals surface area (Å²) < 4.78 is 10.4. The van der Waals surface area contributed by atoms with Gasteiger partial charge in [0.1, 0.15) is 6.04 Å². The van der Waals surface area contributed by atoms with E-state index in [0.29, 0.717) is 24.3 Å². The second-order valence-corrected chi connectivity index (χ2v) is 6.32. The molecule has 0 radical (unpaired) electrons. The predicted molar refractivity (Wildman–Crippen MR) is 91.4 cm³/mol. The van der Waals surface area contributed by atoms with E-state index in [0.717, 1.165) is 5.56 Å². The zero-order chi connectivity index (χ0) is 18.3. The predicted octanol–water partition coefficient (Wildman–Crippen LogP) is 2.50. The van der Waals surface area contributed by atoms with E-state index in [1.165, 1.54) is 0 Å². The molecule has 1 rings (SSSR count). The van der Waals surface area contributed by atoms with Gasteiger partial charge in [0, 0.05) is 5.92 Å². The fourth-order valence-electron chi connectivity index (χ4n) is 2.46. The van der Waals surface area contributed by atoms with Gasteiger partial charge in [-0.15, -0.1) is 0 Å². The zero-order valence-corrected chi connectivity index (χ0v) is 15.0. The first-order chi connectivity index (χ1) is 11.3. The van der Waals surface area contributed by atoms with Crippen LogP contribution in [0.1, 0.15) is 32.8 Å². The average Bonchev–Trinajstić information content (AvgIpc) is 2.53. The highest BCUT2D eigenvalue weighted by Crippen LogP contribution is 2.28. The molecule has 2 N–H and O–H groups in total. The van der Waals surface area contributed by atoms with Gasteiger partial charge in [0.2, 0.25) is 5.91 Å². The number of carboxylic acids is 1. The lowest BCUT2D eigenvalue weighted by atomic mass is 9.98. The Balaban J connectivity index is 2.74. The van der Waals surface area contributed by atoms with E-state index in [1.54, 1.807) is 27.2 Å². The monoisotopic (exact) mass is 337 g/mol. The summed E-state index contributed by atoms with van der Waals surface area (Å²) in [6.45, 7) is 5.63. The minimum absolute atomic E-state index is 0.188. The molecule has 6 nitrogen and oxygen atoms in total. The summed E-state index contributed by atoms with van der Waals surface area (Å²) in [4.78, 5) is 23.6. The van der Waals surface area contributed by atoms with Crippen molar-refractivity contribution < 1.29 is 24.2 Å². The molecule has 6 heteroatoms. The summed E-state index contributed by atoms with van der Waals surface area (Å²) in [5, 5.41) is 11.8. The van der Waals surface area contributed by atoms with Crippen LogP contribution >= 0.6 is 0 Å². The summed E-state index contributed by atoms with van der Waals surface area (Å²) in [6, 6.07) is 4.63. The normalized spacial score (nSPS) is 13.2. The average molecular weight is 337 g/mol. The first kappa shape index (κ1) is 19.8. The molecule has 0 aliphatic heterocycles. The van der Waals surface area contributed by atoms with Crippen molar-refractivity contribution in [3.63, 3.8) is 0 Å². The van der Waals surface area contributed by atoms with E-state index >= 15 is 0 Å². The highest BCUT2D eigenvalue weighted by molar-refractivity contribution is 5.84. The van der Waals surface area contributed by atoms with Crippen LogP contribution in [0.5, 0.6) is 11.5 Å². The van der Waals surface area contributed by atoms with Gasteiger partial charge in [-0.1, -0.05) is 26.8 Å². The van der Waals surface area contributed by atoms with Gasteiger partial charge in [0.05, 0.1) is 14.2 Å².